The first-order valence-corrected chi connectivity index (χ1v) is 6.52. The van der Waals surface area contributed by atoms with Gasteiger partial charge < -0.3 is 25.4 Å². The molecule has 0 bridgehead atoms. The molecule has 21 heavy (non-hydrogen) atoms. The summed E-state index contributed by atoms with van der Waals surface area (Å²) in [4.78, 5) is 8.19. The number of hydrogen-bond donors (Lipinski definition) is 3. The second-order valence-electron chi connectivity index (χ2n) is 5.00. The molecule has 1 aliphatic rings. The molecule has 2 aromatic heterocycles. The summed E-state index contributed by atoms with van der Waals surface area (Å²) in [5.41, 5.74) is 7.11. The van der Waals surface area contributed by atoms with Crippen LogP contribution in [-0.2, 0) is 16.5 Å². The maximum Gasteiger partial charge on any atom is 0.309 e. The predicted molar refractivity (Wildman–Crippen MR) is 70.9 cm³/mol. The van der Waals surface area contributed by atoms with E-state index in [0.717, 1.165) is 0 Å². The van der Waals surface area contributed by atoms with E-state index in [4.69, 9.17) is 15.2 Å². The van der Waals surface area contributed by atoms with E-state index in [1.165, 1.54) is 13.4 Å². The highest BCUT2D eigenvalue weighted by molar-refractivity contribution is 5.78. The number of aromatic nitrogens is 4. The van der Waals surface area contributed by atoms with Gasteiger partial charge in [-0.3, -0.25) is 4.57 Å². The minimum Gasteiger partial charge on any atom is -0.394 e. The Morgan fingerprint density at radius 3 is 2.95 bits per heavy atom. The molecule has 9 nitrogen and oxygen atoms in total. The molecule has 9 heteroatoms. The molecule has 3 heterocycles. The van der Waals surface area contributed by atoms with Gasteiger partial charge in [0.1, 0.15) is 18.3 Å². The first kappa shape index (κ1) is 14.1. The summed E-state index contributed by atoms with van der Waals surface area (Å²) in [5.74, 6) is 0.354. The number of aryl methyl sites for hydroxylation is 1. The summed E-state index contributed by atoms with van der Waals surface area (Å²) in [6, 6.07) is 0. The Hall–Kier alpha value is -1.81. The molecule has 114 valence electrons. The van der Waals surface area contributed by atoms with E-state index in [1.54, 1.807) is 15.5 Å². The summed E-state index contributed by atoms with van der Waals surface area (Å²) in [6.45, 7) is -0.292. The van der Waals surface area contributed by atoms with E-state index in [9.17, 15) is 10.2 Å². The van der Waals surface area contributed by atoms with Crippen molar-refractivity contribution in [3.63, 3.8) is 0 Å². The average Bonchev–Trinajstić information content (AvgIpc) is 2.97. The topological polar surface area (TPSA) is 120 Å². The van der Waals surface area contributed by atoms with E-state index in [1.807, 2.05) is 7.05 Å². The number of aliphatic hydroxyl groups is 2. The molecule has 4 atom stereocenters. The van der Waals surface area contributed by atoms with Gasteiger partial charge in [0.05, 0.1) is 13.7 Å². The van der Waals surface area contributed by atoms with E-state index in [2.05, 4.69) is 9.97 Å². The zero-order chi connectivity index (χ0) is 15.1. The van der Waals surface area contributed by atoms with Crippen molar-refractivity contribution in [1.82, 2.24) is 14.5 Å². The monoisotopic (exact) mass is 296 g/mol. The number of rotatable bonds is 3. The summed E-state index contributed by atoms with van der Waals surface area (Å²) in [7, 11) is 3.30. The highest BCUT2D eigenvalue weighted by Gasteiger charge is 2.47. The third kappa shape index (κ3) is 2.05. The van der Waals surface area contributed by atoms with Gasteiger partial charge in [-0.2, -0.15) is 4.98 Å². The Balaban J connectivity index is 2.10. The van der Waals surface area contributed by atoms with Gasteiger partial charge in [0, 0.05) is 7.11 Å². The fourth-order valence-electron chi connectivity index (χ4n) is 2.74. The van der Waals surface area contributed by atoms with Gasteiger partial charge in [-0.1, -0.05) is 4.98 Å². The van der Waals surface area contributed by atoms with Gasteiger partial charge in [-0.05, 0) is 0 Å². The van der Waals surface area contributed by atoms with Crippen LogP contribution in [-0.4, -0.2) is 56.8 Å². The van der Waals surface area contributed by atoms with Crippen molar-refractivity contribution in [2.45, 2.75) is 24.5 Å². The lowest BCUT2D eigenvalue weighted by molar-refractivity contribution is -0.746. The zero-order valence-corrected chi connectivity index (χ0v) is 11.7. The Labute approximate surface area is 120 Å². The minimum absolute atomic E-state index is 0.292. The Morgan fingerprint density at radius 1 is 1.52 bits per heavy atom. The van der Waals surface area contributed by atoms with E-state index in [-0.39, 0.29) is 6.61 Å². The maximum absolute atomic E-state index is 10.1. The summed E-state index contributed by atoms with van der Waals surface area (Å²) in [5, 5.41) is 19.4. The Bertz CT molecular complexity index is 660. The molecule has 3 rings (SSSR count). The zero-order valence-electron chi connectivity index (χ0n) is 11.7. The van der Waals surface area contributed by atoms with Crippen molar-refractivity contribution in [3.8, 4) is 0 Å². The largest absolute Gasteiger partial charge is 0.394 e. The minimum atomic E-state index is -0.924. The van der Waals surface area contributed by atoms with Crippen molar-refractivity contribution in [3.05, 3.63) is 12.7 Å². The highest BCUT2D eigenvalue weighted by Crippen LogP contribution is 2.29. The van der Waals surface area contributed by atoms with E-state index in [0.29, 0.717) is 17.0 Å². The third-order valence-electron chi connectivity index (χ3n) is 3.77. The van der Waals surface area contributed by atoms with Gasteiger partial charge >= 0.3 is 5.65 Å². The molecule has 4 N–H and O–H groups in total. The molecule has 1 fully saturated rings. The molecule has 0 aliphatic carbocycles. The number of aliphatic hydroxyl groups excluding tert-OH is 2. The second kappa shape index (κ2) is 5.19. The number of nitrogens with zero attached hydrogens (tertiary/aromatic N) is 4. The van der Waals surface area contributed by atoms with Crippen LogP contribution in [0.15, 0.2) is 12.7 Å². The van der Waals surface area contributed by atoms with Gasteiger partial charge in [0.25, 0.3) is 0 Å². The summed E-state index contributed by atoms with van der Waals surface area (Å²) in [6.07, 6.45) is 0.256. The molecule has 0 spiro atoms. The van der Waals surface area contributed by atoms with Crippen LogP contribution < -0.4 is 10.3 Å². The molecular weight excluding hydrogens is 278 g/mol. The SMILES string of the molecule is CO[C@@H]1[C@H](O)[C@@H](CO)O[C@H]1[n+]1cn(C)c2c(N)ncnc21. The van der Waals surface area contributed by atoms with Gasteiger partial charge in [0.2, 0.25) is 11.7 Å². The molecule has 0 aromatic carbocycles. The number of methoxy groups -OCH3 is 1. The molecular formula is C12H18N5O4+. The van der Waals surface area contributed by atoms with Crippen molar-refractivity contribution in [2.75, 3.05) is 19.5 Å². The van der Waals surface area contributed by atoms with E-state index >= 15 is 0 Å². The van der Waals surface area contributed by atoms with E-state index < -0.39 is 24.5 Å². The fourth-order valence-corrected chi connectivity index (χ4v) is 2.74. The van der Waals surface area contributed by atoms with Gasteiger partial charge in [-0.15, -0.1) is 0 Å². The van der Waals surface area contributed by atoms with Gasteiger partial charge in [-0.25, -0.2) is 4.57 Å². The summed E-state index contributed by atoms with van der Waals surface area (Å²) < 4.78 is 14.5. The lowest BCUT2D eigenvalue weighted by atomic mass is 10.1. The van der Waals surface area contributed by atoms with Crippen LogP contribution in [0, 0.1) is 0 Å². The third-order valence-corrected chi connectivity index (χ3v) is 3.77. The maximum atomic E-state index is 10.1. The average molecular weight is 296 g/mol. The van der Waals surface area contributed by atoms with Crippen molar-refractivity contribution in [2.24, 2.45) is 7.05 Å². The van der Waals surface area contributed by atoms with Gasteiger partial charge in [0.15, 0.2) is 18.5 Å². The fraction of sp³-hybridized carbons (Fsp3) is 0.583. The molecule has 0 saturated carbocycles. The number of nitrogens with two attached hydrogens (primary N) is 1. The standard InChI is InChI=1S/C12H18N5O4/c1-16-5-17(11-7(16)10(13)14-4-15-11)12-9(20-2)8(19)6(3-18)21-12/h4-6,8-9,12,18-19H,3H2,1-2H3,(H2,13,14,15)/q+1/t6-,8-,9-,12-/m1/s1. The number of nitrogen functional groups attached to an aromatic ring is 1. The van der Waals surface area contributed by atoms with Crippen molar-refractivity contribution in [1.29, 1.82) is 0 Å². The molecule has 1 saturated heterocycles. The van der Waals surface area contributed by atoms with Crippen LogP contribution in [0.25, 0.3) is 11.2 Å². The predicted octanol–water partition coefficient (Wildman–Crippen LogP) is -1.90. The Kier molecular flexibility index (Phi) is 3.49. The smallest absolute Gasteiger partial charge is 0.309 e. The molecule has 1 aliphatic heterocycles. The first-order valence-electron chi connectivity index (χ1n) is 6.52. The Morgan fingerprint density at radius 2 is 2.29 bits per heavy atom. The lowest BCUT2D eigenvalue weighted by Gasteiger charge is -2.16. The highest BCUT2D eigenvalue weighted by atomic mass is 16.6. The van der Waals surface area contributed by atoms with Crippen LogP contribution in [0.1, 0.15) is 6.23 Å². The summed E-state index contributed by atoms with van der Waals surface area (Å²) >= 11 is 0. The first-order chi connectivity index (χ1) is 10.1. The quantitative estimate of drug-likeness (QED) is 0.566. The van der Waals surface area contributed by atoms with Crippen molar-refractivity contribution < 1.29 is 24.3 Å². The molecule has 2 aromatic rings. The second-order valence-corrected chi connectivity index (χ2v) is 5.00. The number of fused-ring (bicyclic) bond motifs is 1. The van der Waals surface area contributed by atoms with Crippen LogP contribution in [0.4, 0.5) is 5.82 Å². The molecule has 0 amide bonds. The lowest BCUT2D eigenvalue weighted by Crippen LogP contribution is -2.46. The molecule has 0 unspecified atom stereocenters. The number of ether oxygens (including phenoxy) is 2. The van der Waals surface area contributed by atoms with Crippen LogP contribution >= 0.6 is 0 Å². The van der Waals surface area contributed by atoms with Crippen LogP contribution in [0.2, 0.25) is 0 Å². The number of hydrogen-bond acceptors (Lipinski definition) is 7. The number of imidazole rings is 1. The number of anilines is 1. The molecule has 0 radical (unpaired) electrons. The van der Waals surface area contributed by atoms with Crippen LogP contribution in [0.3, 0.4) is 0 Å². The normalized spacial score (nSPS) is 29.3. The van der Waals surface area contributed by atoms with Crippen LogP contribution in [0.5, 0.6) is 0 Å². The van der Waals surface area contributed by atoms with Crippen molar-refractivity contribution >= 4 is 17.0 Å².